The largest absolute Gasteiger partial charge is 0.395 e. The van der Waals surface area contributed by atoms with E-state index in [0.29, 0.717) is 18.1 Å². The van der Waals surface area contributed by atoms with Gasteiger partial charge in [-0.1, -0.05) is 0 Å². The average Bonchev–Trinajstić information content (AvgIpc) is 2.44. The monoisotopic (exact) mass is 163 g/mol. The van der Waals surface area contributed by atoms with E-state index < -0.39 is 0 Å². The SMILES string of the molecule is Cl.OC[C@@H]1CC2(CC2)CN1. The second kappa shape index (κ2) is 2.68. The highest BCUT2D eigenvalue weighted by molar-refractivity contribution is 5.85. The molecule has 0 unspecified atom stereocenters. The van der Waals surface area contributed by atoms with Gasteiger partial charge in [0.15, 0.2) is 0 Å². The lowest BCUT2D eigenvalue weighted by atomic mass is 10.0. The van der Waals surface area contributed by atoms with Crippen LogP contribution in [0.15, 0.2) is 0 Å². The van der Waals surface area contributed by atoms with Crippen molar-refractivity contribution < 1.29 is 5.11 Å². The molecule has 1 saturated heterocycles. The molecule has 2 fully saturated rings. The number of hydrogen-bond acceptors (Lipinski definition) is 2. The second-order valence-electron chi connectivity index (χ2n) is 3.46. The molecule has 0 aromatic rings. The van der Waals surface area contributed by atoms with Crippen molar-refractivity contribution in [3.05, 3.63) is 0 Å². The van der Waals surface area contributed by atoms with Gasteiger partial charge in [0.25, 0.3) is 0 Å². The van der Waals surface area contributed by atoms with E-state index in [2.05, 4.69) is 5.32 Å². The quantitative estimate of drug-likeness (QED) is 0.592. The van der Waals surface area contributed by atoms with E-state index in [0.717, 1.165) is 6.54 Å². The maximum Gasteiger partial charge on any atom is 0.0584 e. The lowest BCUT2D eigenvalue weighted by molar-refractivity contribution is 0.252. The minimum atomic E-state index is 0. The van der Waals surface area contributed by atoms with Gasteiger partial charge < -0.3 is 10.4 Å². The van der Waals surface area contributed by atoms with Crippen LogP contribution in [0.5, 0.6) is 0 Å². The Hall–Kier alpha value is 0.210. The summed E-state index contributed by atoms with van der Waals surface area (Å²) in [6, 6.07) is 0.410. The van der Waals surface area contributed by atoms with Crippen molar-refractivity contribution in [2.45, 2.75) is 25.3 Å². The van der Waals surface area contributed by atoms with Crippen molar-refractivity contribution in [1.29, 1.82) is 0 Å². The van der Waals surface area contributed by atoms with Crippen molar-refractivity contribution in [1.82, 2.24) is 5.32 Å². The van der Waals surface area contributed by atoms with E-state index in [1.165, 1.54) is 19.3 Å². The fourth-order valence-corrected chi connectivity index (χ4v) is 1.71. The number of aliphatic hydroxyl groups is 1. The van der Waals surface area contributed by atoms with Crippen LogP contribution in [0.1, 0.15) is 19.3 Å². The Balaban J connectivity index is 0.000000500. The average molecular weight is 164 g/mol. The van der Waals surface area contributed by atoms with Crippen LogP contribution in [-0.4, -0.2) is 24.3 Å². The molecule has 0 radical (unpaired) electrons. The zero-order valence-electron chi connectivity index (χ0n) is 5.97. The Morgan fingerprint density at radius 2 is 2.20 bits per heavy atom. The molecule has 2 nitrogen and oxygen atoms in total. The highest BCUT2D eigenvalue weighted by atomic mass is 35.5. The van der Waals surface area contributed by atoms with E-state index in [1.807, 2.05) is 0 Å². The molecule has 2 rings (SSSR count). The molecule has 1 heterocycles. The number of hydrogen-bond donors (Lipinski definition) is 2. The van der Waals surface area contributed by atoms with Crippen molar-refractivity contribution in [2.75, 3.05) is 13.2 Å². The van der Waals surface area contributed by atoms with Gasteiger partial charge >= 0.3 is 0 Å². The molecule has 1 saturated carbocycles. The van der Waals surface area contributed by atoms with Gasteiger partial charge in [-0.2, -0.15) is 0 Å². The minimum absolute atomic E-state index is 0. The zero-order chi connectivity index (χ0) is 6.32. The summed E-state index contributed by atoms with van der Waals surface area (Å²) >= 11 is 0. The van der Waals surface area contributed by atoms with Crippen LogP contribution in [0.4, 0.5) is 0 Å². The van der Waals surface area contributed by atoms with Crippen LogP contribution in [0.3, 0.4) is 0 Å². The summed E-state index contributed by atoms with van der Waals surface area (Å²) in [5, 5.41) is 12.1. The van der Waals surface area contributed by atoms with Gasteiger partial charge in [0.05, 0.1) is 6.61 Å². The molecule has 1 atom stereocenters. The first kappa shape index (κ1) is 8.31. The first-order valence-corrected chi connectivity index (χ1v) is 3.69. The molecule has 0 aromatic heterocycles. The number of halogens is 1. The summed E-state index contributed by atoms with van der Waals surface area (Å²) < 4.78 is 0. The molecule has 1 aliphatic carbocycles. The number of rotatable bonds is 1. The molecule has 0 amide bonds. The van der Waals surface area contributed by atoms with Crippen molar-refractivity contribution in [3.63, 3.8) is 0 Å². The number of aliphatic hydroxyl groups excluding tert-OH is 1. The van der Waals surface area contributed by atoms with Crippen molar-refractivity contribution >= 4 is 12.4 Å². The third-order valence-electron chi connectivity index (χ3n) is 2.62. The minimum Gasteiger partial charge on any atom is -0.395 e. The van der Waals surface area contributed by atoms with E-state index >= 15 is 0 Å². The molecule has 2 N–H and O–H groups in total. The summed E-state index contributed by atoms with van der Waals surface area (Å²) in [7, 11) is 0. The van der Waals surface area contributed by atoms with E-state index in [4.69, 9.17) is 5.11 Å². The van der Waals surface area contributed by atoms with E-state index in [-0.39, 0.29) is 12.4 Å². The molecular weight excluding hydrogens is 150 g/mol. The van der Waals surface area contributed by atoms with Crippen LogP contribution in [-0.2, 0) is 0 Å². The van der Waals surface area contributed by atoms with Gasteiger partial charge in [0.2, 0.25) is 0 Å². The van der Waals surface area contributed by atoms with Crippen molar-refractivity contribution in [2.24, 2.45) is 5.41 Å². The predicted octanol–water partition coefficient (Wildman–Crippen LogP) is 0.543. The summed E-state index contributed by atoms with van der Waals surface area (Å²) in [6.07, 6.45) is 3.98. The molecule has 2 aliphatic rings. The summed E-state index contributed by atoms with van der Waals surface area (Å²) in [5.74, 6) is 0. The molecule has 10 heavy (non-hydrogen) atoms. The maximum atomic E-state index is 8.76. The third-order valence-corrected chi connectivity index (χ3v) is 2.62. The van der Waals surface area contributed by atoms with Crippen LogP contribution in [0.25, 0.3) is 0 Å². The van der Waals surface area contributed by atoms with Crippen LogP contribution < -0.4 is 5.32 Å². The normalized spacial score (nSPS) is 33.9. The van der Waals surface area contributed by atoms with Gasteiger partial charge in [-0.3, -0.25) is 0 Å². The van der Waals surface area contributed by atoms with E-state index in [9.17, 15) is 0 Å². The lowest BCUT2D eigenvalue weighted by Crippen LogP contribution is -2.24. The molecule has 60 valence electrons. The fraction of sp³-hybridized carbons (Fsp3) is 1.00. The molecule has 0 bridgehead atoms. The Morgan fingerprint density at radius 3 is 2.50 bits per heavy atom. The molecule has 1 spiro atoms. The number of nitrogens with one attached hydrogen (secondary N) is 1. The Labute approximate surface area is 67.4 Å². The Bertz CT molecular complexity index is 125. The second-order valence-corrected chi connectivity index (χ2v) is 3.46. The van der Waals surface area contributed by atoms with Crippen LogP contribution in [0, 0.1) is 5.41 Å². The molecule has 1 aliphatic heterocycles. The van der Waals surface area contributed by atoms with Crippen LogP contribution in [0.2, 0.25) is 0 Å². The Kier molecular flexibility index (Phi) is 2.23. The van der Waals surface area contributed by atoms with Gasteiger partial charge in [0.1, 0.15) is 0 Å². The van der Waals surface area contributed by atoms with Crippen molar-refractivity contribution in [3.8, 4) is 0 Å². The standard InChI is InChI=1S/C7H13NO.ClH/c9-4-6-3-7(1-2-7)5-8-6;/h6,8-9H,1-5H2;1H/t6-;/m0./s1. The predicted molar refractivity (Wildman–Crippen MR) is 42.4 cm³/mol. The molecular formula is C7H14ClNO. The molecule has 0 aromatic carbocycles. The third kappa shape index (κ3) is 1.29. The molecule has 3 heteroatoms. The topological polar surface area (TPSA) is 32.3 Å². The summed E-state index contributed by atoms with van der Waals surface area (Å²) in [4.78, 5) is 0. The fourth-order valence-electron chi connectivity index (χ4n) is 1.71. The first-order valence-electron chi connectivity index (χ1n) is 3.69. The van der Waals surface area contributed by atoms with Gasteiger partial charge in [-0.25, -0.2) is 0 Å². The maximum absolute atomic E-state index is 8.76. The van der Waals surface area contributed by atoms with Gasteiger partial charge in [0, 0.05) is 12.6 Å². The van der Waals surface area contributed by atoms with E-state index in [1.54, 1.807) is 0 Å². The highest BCUT2D eigenvalue weighted by Gasteiger charge is 2.47. The van der Waals surface area contributed by atoms with Gasteiger partial charge in [-0.05, 0) is 24.7 Å². The summed E-state index contributed by atoms with van der Waals surface area (Å²) in [6.45, 7) is 1.47. The Morgan fingerprint density at radius 1 is 1.50 bits per heavy atom. The first-order chi connectivity index (χ1) is 4.35. The van der Waals surface area contributed by atoms with Gasteiger partial charge in [-0.15, -0.1) is 12.4 Å². The van der Waals surface area contributed by atoms with Crippen LogP contribution >= 0.6 is 12.4 Å². The zero-order valence-corrected chi connectivity index (χ0v) is 6.78. The summed E-state index contributed by atoms with van der Waals surface area (Å²) in [5.41, 5.74) is 0.646. The smallest absolute Gasteiger partial charge is 0.0584 e. The lowest BCUT2D eigenvalue weighted by Gasteiger charge is -2.03. The highest BCUT2D eigenvalue weighted by Crippen LogP contribution is 2.51.